The van der Waals surface area contributed by atoms with Gasteiger partial charge in [-0.3, -0.25) is 9.89 Å². The maximum atomic E-state index is 12.5. The summed E-state index contributed by atoms with van der Waals surface area (Å²) in [5, 5.41) is 10.0. The summed E-state index contributed by atoms with van der Waals surface area (Å²) in [5.41, 5.74) is 3.08. The summed E-state index contributed by atoms with van der Waals surface area (Å²) in [7, 11) is -3.67. The molecule has 0 saturated heterocycles. The van der Waals surface area contributed by atoms with Gasteiger partial charge in [0.15, 0.2) is 5.82 Å². The number of nitrogens with one attached hydrogen (secondary N) is 3. The normalized spacial score (nSPS) is 13.9. The smallest absolute Gasteiger partial charge is 0.240 e. The van der Waals surface area contributed by atoms with Crippen LogP contribution in [-0.4, -0.2) is 36.1 Å². The first-order valence-corrected chi connectivity index (χ1v) is 11.7. The number of hydrogen-bond donors (Lipinski definition) is 3. The Morgan fingerprint density at radius 1 is 1.16 bits per heavy atom. The third-order valence-electron chi connectivity index (χ3n) is 5.14. The van der Waals surface area contributed by atoms with Crippen molar-refractivity contribution in [2.45, 2.75) is 43.9 Å². The van der Waals surface area contributed by atoms with Crippen LogP contribution >= 0.6 is 0 Å². The molecule has 0 atom stereocenters. The SMILES string of the molecule is Cc1ccc(S(=O)(=O)NCCC(=O)Nc2cccc(-c3n[nH]c(C4CC4)n3)c2)c(C)c1. The van der Waals surface area contributed by atoms with Gasteiger partial charge in [-0.15, -0.1) is 0 Å². The molecule has 4 rings (SSSR count). The molecule has 1 aromatic heterocycles. The van der Waals surface area contributed by atoms with Crippen LogP contribution < -0.4 is 10.0 Å². The molecule has 0 radical (unpaired) electrons. The van der Waals surface area contributed by atoms with Crippen molar-refractivity contribution in [3.05, 3.63) is 59.4 Å². The summed E-state index contributed by atoms with van der Waals surface area (Å²) >= 11 is 0. The first-order chi connectivity index (χ1) is 14.8. The van der Waals surface area contributed by atoms with Crippen molar-refractivity contribution in [1.82, 2.24) is 19.9 Å². The van der Waals surface area contributed by atoms with Crippen LogP contribution in [0.2, 0.25) is 0 Å². The molecule has 0 spiro atoms. The van der Waals surface area contributed by atoms with Crippen molar-refractivity contribution in [2.75, 3.05) is 11.9 Å². The van der Waals surface area contributed by atoms with E-state index in [1.54, 1.807) is 31.2 Å². The van der Waals surface area contributed by atoms with E-state index in [0.29, 0.717) is 23.0 Å². The van der Waals surface area contributed by atoms with Crippen molar-refractivity contribution >= 4 is 21.6 Å². The number of carbonyl (C=O) groups is 1. The fraction of sp³-hybridized carbons (Fsp3) is 0.318. The zero-order valence-electron chi connectivity index (χ0n) is 17.5. The molecular formula is C22H25N5O3S. The minimum atomic E-state index is -3.67. The molecule has 3 aromatic rings. The van der Waals surface area contributed by atoms with Gasteiger partial charge in [0.25, 0.3) is 0 Å². The van der Waals surface area contributed by atoms with Gasteiger partial charge in [-0.2, -0.15) is 5.10 Å². The highest BCUT2D eigenvalue weighted by Gasteiger charge is 2.27. The van der Waals surface area contributed by atoms with Crippen molar-refractivity contribution in [3.63, 3.8) is 0 Å². The van der Waals surface area contributed by atoms with Gasteiger partial charge in [0, 0.05) is 30.1 Å². The lowest BCUT2D eigenvalue weighted by Gasteiger charge is -2.10. The molecule has 2 aromatic carbocycles. The van der Waals surface area contributed by atoms with Gasteiger partial charge in [-0.1, -0.05) is 29.8 Å². The van der Waals surface area contributed by atoms with E-state index < -0.39 is 10.0 Å². The Morgan fingerprint density at radius 3 is 2.71 bits per heavy atom. The van der Waals surface area contributed by atoms with Crippen molar-refractivity contribution in [3.8, 4) is 11.4 Å². The number of H-pyrrole nitrogens is 1. The molecule has 1 heterocycles. The van der Waals surface area contributed by atoms with E-state index in [1.165, 1.54) is 0 Å². The largest absolute Gasteiger partial charge is 0.326 e. The number of amides is 1. The average molecular weight is 440 g/mol. The molecule has 9 heteroatoms. The Labute approximate surface area is 181 Å². The van der Waals surface area contributed by atoms with Gasteiger partial charge in [0.05, 0.1) is 4.90 Å². The number of nitrogens with zero attached hydrogens (tertiary/aromatic N) is 2. The van der Waals surface area contributed by atoms with Crippen LogP contribution in [0.4, 0.5) is 5.69 Å². The fourth-order valence-corrected chi connectivity index (χ4v) is 4.64. The van der Waals surface area contributed by atoms with E-state index in [-0.39, 0.29) is 23.8 Å². The van der Waals surface area contributed by atoms with Crippen LogP contribution in [0.15, 0.2) is 47.4 Å². The minimum Gasteiger partial charge on any atom is -0.326 e. The Hall–Kier alpha value is -3.04. The van der Waals surface area contributed by atoms with Gasteiger partial charge in [-0.05, 0) is 50.5 Å². The highest BCUT2D eigenvalue weighted by molar-refractivity contribution is 7.89. The van der Waals surface area contributed by atoms with Crippen LogP contribution in [0.5, 0.6) is 0 Å². The van der Waals surface area contributed by atoms with Crippen LogP contribution in [-0.2, 0) is 14.8 Å². The van der Waals surface area contributed by atoms with E-state index in [4.69, 9.17) is 0 Å². The molecule has 1 aliphatic rings. The first kappa shape index (κ1) is 21.2. The number of sulfonamides is 1. The number of benzene rings is 2. The van der Waals surface area contributed by atoms with E-state index in [9.17, 15) is 13.2 Å². The molecule has 162 valence electrons. The molecule has 31 heavy (non-hydrogen) atoms. The molecule has 1 aliphatic carbocycles. The van der Waals surface area contributed by atoms with Gasteiger partial charge >= 0.3 is 0 Å². The van der Waals surface area contributed by atoms with Crippen LogP contribution in [0.3, 0.4) is 0 Å². The van der Waals surface area contributed by atoms with Crippen molar-refractivity contribution in [2.24, 2.45) is 0 Å². The van der Waals surface area contributed by atoms with Crippen LogP contribution in [0, 0.1) is 13.8 Å². The third kappa shape index (κ3) is 5.18. The van der Waals surface area contributed by atoms with Crippen LogP contribution in [0.1, 0.15) is 42.1 Å². The number of anilines is 1. The summed E-state index contributed by atoms with van der Waals surface area (Å²) in [6.07, 6.45) is 2.29. The standard InChI is InChI=1S/C22H25N5O3S/c1-14-6-9-19(15(2)12-14)31(29,30)23-11-10-20(28)24-18-5-3-4-17(13-18)22-25-21(26-27-22)16-7-8-16/h3-6,9,12-13,16,23H,7-8,10-11H2,1-2H3,(H,24,28)(H,25,26,27). The van der Waals surface area contributed by atoms with E-state index >= 15 is 0 Å². The average Bonchev–Trinajstić information content (AvgIpc) is 3.44. The molecule has 0 unspecified atom stereocenters. The van der Waals surface area contributed by atoms with Gasteiger partial charge in [0.1, 0.15) is 5.82 Å². The third-order valence-corrected chi connectivity index (χ3v) is 6.76. The van der Waals surface area contributed by atoms with Gasteiger partial charge in [0.2, 0.25) is 15.9 Å². The predicted octanol–water partition coefficient (Wildman–Crippen LogP) is 3.27. The lowest BCUT2D eigenvalue weighted by Crippen LogP contribution is -2.28. The summed E-state index contributed by atoms with van der Waals surface area (Å²) in [5.74, 6) is 1.70. The fourth-order valence-electron chi connectivity index (χ4n) is 3.38. The summed E-state index contributed by atoms with van der Waals surface area (Å²) in [6, 6.07) is 12.4. The summed E-state index contributed by atoms with van der Waals surface area (Å²) in [6.45, 7) is 3.67. The lowest BCUT2D eigenvalue weighted by atomic mass is 10.2. The Balaban J connectivity index is 1.33. The van der Waals surface area contributed by atoms with Crippen molar-refractivity contribution in [1.29, 1.82) is 0 Å². The number of aromatic amines is 1. The molecule has 0 aliphatic heterocycles. The second-order valence-corrected chi connectivity index (χ2v) is 9.60. The number of hydrogen-bond acceptors (Lipinski definition) is 5. The van der Waals surface area contributed by atoms with Crippen LogP contribution in [0.25, 0.3) is 11.4 Å². The highest BCUT2D eigenvalue weighted by Crippen LogP contribution is 2.38. The summed E-state index contributed by atoms with van der Waals surface area (Å²) in [4.78, 5) is 17.1. The monoisotopic (exact) mass is 439 g/mol. The van der Waals surface area contributed by atoms with E-state index in [1.807, 2.05) is 25.1 Å². The molecule has 1 amide bonds. The molecule has 0 bridgehead atoms. The van der Waals surface area contributed by atoms with E-state index in [0.717, 1.165) is 29.8 Å². The number of rotatable bonds is 8. The van der Waals surface area contributed by atoms with Crippen molar-refractivity contribution < 1.29 is 13.2 Å². The Morgan fingerprint density at radius 2 is 1.97 bits per heavy atom. The zero-order valence-corrected chi connectivity index (χ0v) is 18.3. The quantitative estimate of drug-likeness (QED) is 0.498. The van der Waals surface area contributed by atoms with Gasteiger partial charge < -0.3 is 5.32 Å². The number of aryl methyl sites for hydroxylation is 2. The molecule has 3 N–H and O–H groups in total. The highest BCUT2D eigenvalue weighted by atomic mass is 32.2. The second kappa shape index (κ2) is 8.60. The molecule has 1 saturated carbocycles. The lowest BCUT2D eigenvalue weighted by molar-refractivity contribution is -0.116. The first-order valence-electron chi connectivity index (χ1n) is 10.2. The zero-order chi connectivity index (χ0) is 22.0. The molecular weight excluding hydrogens is 414 g/mol. The predicted molar refractivity (Wildman–Crippen MR) is 118 cm³/mol. The Bertz CT molecular complexity index is 1220. The number of carbonyl (C=O) groups excluding carboxylic acids is 1. The second-order valence-electron chi connectivity index (χ2n) is 7.86. The van der Waals surface area contributed by atoms with Gasteiger partial charge in [-0.25, -0.2) is 18.1 Å². The minimum absolute atomic E-state index is 0.00679. The maximum Gasteiger partial charge on any atom is 0.240 e. The molecule has 8 nitrogen and oxygen atoms in total. The topological polar surface area (TPSA) is 117 Å². The number of aromatic nitrogens is 3. The van der Waals surface area contributed by atoms with E-state index in [2.05, 4.69) is 25.2 Å². The summed E-state index contributed by atoms with van der Waals surface area (Å²) < 4.78 is 27.5. The molecule has 1 fully saturated rings. The maximum absolute atomic E-state index is 12.5. The Kier molecular flexibility index (Phi) is 5.88.